The fraction of sp³-hybridized carbons (Fsp3) is 0.195. The first-order valence-corrected chi connectivity index (χ1v) is 15.7. The van der Waals surface area contributed by atoms with Crippen LogP contribution in [0.1, 0.15) is 51.7 Å². The number of rotatable bonds is 4. The number of para-hydroxylation sites is 1. The third-order valence-electron chi connectivity index (χ3n) is 9.61. The van der Waals surface area contributed by atoms with Gasteiger partial charge in [0.1, 0.15) is 11.2 Å². The maximum atomic E-state index is 6.24. The molecule has 45 heavy (non-hydrogen) atoms. The molecule has 0 unspecified atom stereocenters. The summed E-state index contributed by atoms with van der Waals surface area (Å²) in [6.07, 6.45) is 2.32. The molecule has 0 N–H and O–H groups in total. The van der Waals surface area contributed by atoms with Crippen molar-refractivity contribution >= 4 is 21.9 Å². The van der Waals surface area contributed by atoms with Crippen LogP contribution in [0.4, 0.5) is 0 Å². The van der Waals surface area contributed by atoms with Gasteiger partial charge in [0, 0.05) is 27.5 Å². The summed E-state index contributed by atoms with van der Waals surface area (Å²) >= 11 is 0. The van der Waals surface area contributed by atoms with E-state index in [2.05, 4.69) is 119 Å². The van der Waals surface area contributed by atoms with E-state index in [9.17, 15) is 0 Å². The molecule has 220 valence electrons. The summed E-state index contributed by atoms with van der Waals surface area (Å²) in [5, 5.41) is 2.19. The summed E-state index contributed by atoms with van der Waals surface area (Å²) in [5.74, 6) is 1.95. The van der Waals surface area contributed by atoms with E-state index >= 15 is 0 Å². The highest BCUT2D eigenvalue weighted by Gasteiger charge is 2.37. The van der Waals surface area contributed by atoms with Gasteiger partial charge in [-0.15, -0.1) is 0 Å². The summed E-state index contributed by atoms with van der Waals surface area (Å²) in [7, 11) is 0. The van der Waals surface area contributed by atoms with Crippen molar-refractivity contribution in [3.8, 4) is 45.3 Å². The number of fused-ring (bicyclic) bond motifs is 4. The SMILES string of the molecule is CC1(C)CCC(C)(C)c2cc(-c3nc(-c4cccc(-c5ccccc5)c4)nc(-c4ccc5c(c4)oc4ccccc45)n3)ccc21. The molecular formula is C41H35N3O. The van der Waals surface area contributed by atoms with Gasteiger partial charge in [0.25, 0.3) is 0 Å². The minimum absolute atomic E-state index is 0.0793. The second-order valence-electron chi connectivity index (χ2n) is 13.6. The fourth-order valence-electron chi connectivity index (χ4n) is 6.82. The standard InChI is InChI=1S/C41H35N3O/c1-40(2)21-22-41(3,4)34-24-29(18-20-33(34)40)38-42-37(28-14-10-13-27(23-28)26-11-6-5-7-12-26)43-39(44-38)30-17-19-32-31-15-8-9-16-35(31)45-36(32)25-30/h5-20,23-25H,21-22H2,1-4H3. The highest BCUT2D eigenvalue weighted by atomic mass is 16.3. The Morgan fingerprint density at radius 3 is 1.76 bits per heavy atom. The van der Waals surface area contributed by atoms with Crippen molar-refractivity contribution in [3.05, 3.63) is 126 Å². The lowest BCUT2D eigenvalue weighted by Gasteiger charge is -2.42. The molecule has 7 aromatic rings. The van der Waals surface area contributed by atoms with Gasteiger partial charge in [-0.2, -0.15) is 0 Å². The number of aromatic nitrogens is 3. The third kappa shape index (κ3) is 4.82. The molecule has 0 spiro atoms. The van der Waals surface area contributed by atoms with Crippen LogP contribution in [0.2, 0.25) is 0 Å². The summed E-state index contributed by atoms with van der Waals surface area (Å²) in [4.78, 5) is 15.3. The largest absolute Gasteiger partial charge is 0.456 e. The molecule has 0 saturated carbocycles. The minimum Gasteiger partial charge on any atom is -0.456 e. The van der Waals surface area contributed by atoms with Gasteiger partial charge in [-0.3, -0.25) is 0 Å². The van der Waals surface area contributed by atoms with Crippen LogP contribution >= 0.6 is 0 Å². The Kier molecular flexibility index (Phi) is 6.25. The summed E-state index contributed by atoms with van der Waals surface area (Å²) < 4.78 is 6.24. The van der Waals surface area contributed by atoms with Crippen LogP contribution in [-0.2, 0) is 10.8 Å². The monoisotopic (exact) mass is 585 g/mol. The molecule has 4 nitrogen and oxygen atoms in total. The Morgan fingerprint density at radius 1 is 0.444 bits per heavy atom. The topological polar surface area (TPSA) is 51.8 Å². The summed E-state index contributed by atoms with van der Waals surface area (Å²) in [5.41, 5.74) is 9.84. The fourth-order valence-corrected chi connectivity index (χ4v) is 6.82. The van der Waals surface area contributed by atoms with Gasteiger partial charge in [0.15, 0.2) is 17.5 Å². The predicted octanol–water partition coefficient (Wildman–Crippen LogP) is 10.8. The van der Waals surface area contributed by atoms with E-state index in [1.165, 1.54) is 17.5 Å². The molecule has 1 aliphatic carbocycles. The molecule has 1 aliphatic rings. The molecule has 0 fully saturated rings. The first-order valence-electron chi connectivity index (χ1n) is 15.7. The Bertz CT molecular complexity index is 2230. The molecule has 0 aliphatic heterocycles. The molecule has 8 rings (SSSR count). The minimum atomic E-state index is 0.0793. The normalized spacial score (nSPS) is 15.3. The maximum Gasteiger partial charge on any atom is 0.164 e. The molecule has 0 saturated heterocycles. The smallest absolute Gasteiger partial charge is 0.164 e. The van der Waals surface area contributed by atoms with Crippen molar-refractivity contribution < 1.29 is 4.42 Å². The molecule has 2 aromatic heterocycles. The van der Waals surface area contributed by atoms with Gasteiger partial charge >= 0.3 is 0 Å². The van der Waals surface area contributed by atoms with Crippen LogP contribution in [0, 0.1) is 0 Å². The van der Waals surface area contributed by atoms with Gasteiger partial charge in [0.2, 0.25) is 0 Å². The molecule has 2 heterocycles. The highest BCUT2D eigenvalue weighted by molar-refractivity contribution is 6.05. The van der Waals surface area contributed by atoms with Crippen LogP contribution in [0.3, 0.4) is 0 Å². The number of benzene rings is 5. The van der Waals surface area contributed by atoms with E-state index < -0.39 is 0 Å². The van der Waals surface area contributed by atoms with Crippen molar-refractivity contribution in [2.45, 2.75) is 51.4 Å². The maximum absolute atomic E-state index is 6.24. The van der Waals surface area contributed by atoms with E-state index in [-0.39, 0.29) is 10.8 Å². The quantitative estimate of drug-likeness (QED) is 0.206. The molecule has 0 atom stereocenters. The summed E-state index contributed by atoms with van der Waals surface area (Å²) in [6.45, 7) is 9.42. The van der Waals surface area contributed by atoms with Gasteiger partial charge < -0.3 is 4.42 Å². The van der Waals surface area contributed by atoms with E-state index in [1.54, 1.807) is 0 Å². The van der Waals surface area contributed by atoms with Crippen LogP contribution in [0.25, 0.3) is 67.2 Å². The predicted molar refractivity (Wildman–Crippen MR) is 184 cm³/mol. The van der Waals surface area contributed by atoms with E-state index in [1.807, 2.05) is 24.3 Å². The van der Waals surface area contributed by atoms with E-state index in [0.717, 1.165) is 56.2 Å². The number of hydrogen-bond donors (Lipinski definition) is 0. The van der Waals surface area contributed by atoms with Gasteiger partial charge in [0.05, 0.1) is 0 Å². The molecular weight excluding hydrogens is 550 g/mol. The zero-order chi connectivity index (χ0) is 30.8. The van der Waals surface area contributed by atoms with Gasteiger partial charge in [-0.05, 0) is 76.3 Å². The molecule has 0 radical (unpaired) electrons. The number of hydrogen-bond acceptors (Lipinski definition) is 4. The molecule has 5 aromatic carbocycles. The first-order chi connectivity index (χ1) is 21.7. The first kappa shape index (κ1) is 27.5. The van der Waals surface area contributed by atoms with Crippen molar-refractivity contribution in [2.75, 3.05) is 0 Å². The van der Waals surface area contributed by atoms with Crippen molar-refractivity contribution in [1.29, 1.82) is 0 Å². The second kappa shape index (κ2) is 10.2. The molecule has 0 amide bonds. The van der Waals surface area contributed by atoms with Crippen LogP contribution in [-0.4, -0.2) is 15.0 Å². The number of nitrogens with zero attached hydrogens (tertiary/aromatic N) is 3. The van der Waals surface area contributed by atoms with Gasteiger partial charge in [-0.25, -0.2) is 15.0 Å². The van der Waals surface area contributed by atoms with Gasteiger partial charge in [-0.1, -0.05) is 113 Å². The lowest BCUT2D eigenvalue weighted by Crippen LogP contribution is -2.33. The lowest BCUT2D eigenvalue weighted by atomic mass is 9.63. The molecule has 4 heteroatoms. The Morgan fingerprint density at radius 2 is 1.00 bits per heavy atom. The van der Waals surface area contributed by atoms with Crippen molar-refractivity contribution in [2.24, 2.45) is 0 Å². The Balaban J connectivity index is 1.32. The van der Waals surface area contributed by atoms with E-state index in [4.69, 9.17) is 19.4 Å². The zero-order valence-corrected chi connectivity index (χ0v) is 26.1. The van der Waals surface area contributed by atoms with Crippen LogP contribution < -0.4 is 0 Å². The van der Waals surface area contributed by atoms with Crippen LogP contribution in [0.5, 0.6) is 0 Å². The third-order valence-corrected chi connectivity index (χ3v) is 9.61. The van der Waals surface area contributed by atoms with E-state index in [0.29, 0.717) is 17.5 Å². The van der Waals surface area contributed by atoms with Crippen molar-refractivity contribution in [3.63, 3.8) is 0 Å². The Hall–Kier alpha value is -5.09. The molecule has 0 bridgehead atoms. The Labute approximate surface area is 263 Å². The number of furan rings is 1. The zero-order valence-electron chi connectivity index (χ0n) is 26.1. The van der Waals surface area contributed by atoms with Crippen LogP contribution in [0.15, 0.2) is 120 Å². The average molecular weight is 586 g/mol. The average Bonchev–Trinajstić information content (AvgIpc) is 3.45. The highest BCUT2D eigenvalue weighted by Crippen LogP contribution is 2.46. The second-order valence-corrected chi connectivity index (χ2v) is 13.6. The summed E-state index contributed by atoms with van der Waals surface area (Å²) in [6, 6.07) is 40.1. The lowest BCUT2D eigenvalue weighted by molar-refractivity contribution is 0.332. The van der Waals surface area contributed by atoms with Crippen molar-refractivity contribution in [1.82, 2.24) is 15.0 Å².